The van der Waals surface area contributed by atoms with Gasteiger partial charge in [-0.1, -0.05) is 18.2 Å². The van der Waals surface area contributed by atoms with Gasteiger partial charge in [0.2, 0.25) is 0 Å². The molecule has 0 bridgehead atoms. The Labute approximate surface area is 165 Å². The number of nitrogens with zero attached hydrogens (tertiary/aromatic N) is 1. The highest BCUT2D eigenvalue weighted by Gasteiger charge is 2.51. The Kier molecular flexibility index (Phi) is 4.89. The summed E-state index contributed by atoms with van der Waals surface area (Å²) in [5.74, 6) is -1.40. The second kappa shape index (κ2) is 6.75. The van der Waals surface area contributed by atoms with Crippen molar-refractivity contribution in [3.8, 4) is 5.75 Å². The standard InChI is InChI=1S/C17H11BrF4N2O2S/c1-24-14(25)16(23-15(24)27,10-4-7-13(19)12(18)8-10)9-2-5-11(6-3-9)26-17(20,21)22/h2-8H,1H3,(H,23,27). The van der Waals surface area contributed by atoms with Crippen molar-refractivity contribution in [3.63, 3.8) is 0 Å². The molecule has 27 heavy (non-hydrogen) atoms. The van der Waals surface area contributed by atoms with Crippen LogP contribution in [0.2, 0.25) is 0 Å². The summed E-state index contributed by atoms with van der Waals surface area (Å²) in [6.07, 6.45) is -4.83. The number of carbonyl (C=O) groups is 1. The summed E-state index contributed by atoms with van der Waals surface area (Å²) in [5.41, 5.74) is -0.803. The van der Waals surface area contributed by atoms with E-state index in [2.05, 4.69) is 26.0 Å². The van der Waals surface area contributed by atoms with Crippen molar-refractivity contribution in [2.75, 3.05) is 7.05 Å². The van der Waals surface area contributed by atoms with Crippen LogP contribution in [-0.2, 0) is 10.3 Å². The number of amides is 1. The number of thiocarbonyl (C=S) groups is 1. The predicted octanol–water partition coefficient (Wildman–Crippen LogP) is 4.08. The van der Waals surface area contributed by atoms with Gasteiger partial charge in [0.05, 0.1) is 4.47 Å². The zero-order valence-electron chi connectivity index (χ0n) is 13.6. The molecule has 1 unspecified atom stereocenters. The molecule has 10 heteroatoms. The van der Waals surface area contributed by atoms with Crippen LogP contribution in [0.15, 0.2) is 46.9 Å². The monoisotopic (exact) mass is 462 g/mol. The minimum atomic E-state index is -4.83. The van der Waals surface area contributed by atoms with E-state index in [1.165, 1.54) is 42.3 Å². The van der Waals surface area contributed by atoms with Gasteiger partial charge in [-0.2, -0.15) is 0 Å². The third-order valence-corrected chi connectivity index (χ3v) is 5.08. The normalized spacial score (nSPS) is 20.0. The van der Waals surface area contributed by atoms with E-state index in [-0.39, 0.29) is 9.59 Å². The van der Waals surface area contributed by atoms with Gasteiger partial charge in [-0.25, -0.2) is 4.39 Å². The van der Waals surface area contributed by atoms with Gasteiger partial charge in [0.1, 0.15) is 11.6 Å². The highest BCUT2D eigenvalue weighted by molar-refractivity contribution is 9.10. The van der Waals surface area contributed by atoms with Gasteiger partial charge in [-0.15, -0.1) is 13.2 Å². The quantitative estimate of drug-likeness (QED) is 0.551. The van der Waals surface area contributed by atoms with E-state index in [1.54, 1.807) is 0 Å². The second-order valence-corrected chi connectivity index (χ2v) is 6.99. The number of halogens is 5. The van der Waals surface area contributed by atoms with E-state index in [0.717, 1.165) is 12.1 Å². The van der Waals surface area contributed by atoms with Crippen LogP contribution in [0.25, 0.3) is 0 Å². The second-order valence-electron chi connectivity index (χ2n) is 5.75. The molecule has 1 N–H and O–H groups in total. The average molecular weight is 463 g/mol. The number of ether oxygens (including phenoxy) is 1. The number of rotatable bonds is 3. The lowest BCUT2D eigenvalue weighted by molar-refractivity contribution is -0.274. The molecule has 1 amide bonds. The van der Waals surface area contributed by atoms with Crippen molar-refractivity contribution in [2.45, 2.75) is 11.9 Å². The molecule has 0 radical (unpaired) electrons. The summed E-state index contributed by atoms with van der Waals surface area (Å²) in [4.78, 5) is 14.2. The molecule has 142 valence electrons. The zero-order chi connectivity index (χ0) is 20.0. The van der Waals surface area contributed by atoms with Crippen LogP contribution in [-0.4, -0.2) is 29.3 Å². The van der Waals surface area contributed by atoms with Crippen LogP contribution >= 0.6 is 28.1 Å². The molecule has 0 saturated carbocycles. The van der Waals surface area contributed by atoms with Gasteiger partial charge in [-0.05, 0) is 63.5 Å². The number of nitrogens with one attached hydrogen (secondary N) is 1. The molecule has 0 spiro atoms. The first kappa shape index (κ1) is 19.6. The maximum atomic E-state index is 13.7. The van der Waals surface area contributed by atoms with E-state index in [9.17, 15) is 22.4 Å². The lowest BCUT2D eigenvalue weighted by Crippen LogP contribution is -2.45. The fourth-order valence-corrected chi connectivity index (χ4v) is 3.45. The number of likely N-dealkylation sites (N-methyl/N-ethyl adjacent to an activating group) is 1. The fourth-order valence-electron chi connectivity index (χ4n) is 2.84. The highest BCUT2D eigenvalue weighted by atomic mass is 79.9. The van der Waals surface area contributed by atoms with Crippen LogP contribution in [0, 0.1) is 5.82 Å². The molecule has 1 saturated heterocycles. The first-order valence-corrected chi connectivity index (χ1v) is 8.67. The number of hydrogen-bond donors (Lipinski definition) is 1. The Morgan fingerprint density at radius 3 is 2.22 bits per heavy atom. The number of benzene rings is 2. The topological polar surface area (TPSA) is 41.6 Å². The maximum Gasteiger partial charge on any atom is 0.573 e. The predicted molar refractivity (Wildman–Crippen MR) is 96.5 cm³/mol. The smallest absolute Gasteiger partial charge is 0.406 e. The van der Waals surface area contributed by atoms with Crippen LogP contribution in [0.1, 0.15) is 11.1 Å². The van der Waals surface area contributed by atoms with Crippen molar-refractivity contribution in [2.24, 2.45) is 0 Å². The van der Waals surface area contributed by atoms with Crippen molar-refractivity contribution >= 4 is 39.2 Å². The van der Waals surface area contributed by atoms with Gasteiger partial charge in [-0.3, -0.25) is 9.69 Å². The molecule has 0 aliphatic carbocycles. The fraction of sp³-hybridized carbons (Fsp3) is 0.176. The first-order chi connectivity index (χ1) is 12.5. The lowest BCUT2D eigenvalue weighted by atomic mass is 9.82. The SMILES string of the molecule is CN1C(=O)C(c2ccc(OC(F)(F)F)cc2)(c2ccc(F)c(Br)c2)NC1=S. The summed E-state index contributed by atoms with van der Waals surface area (Å²) in [6, 6.07) is 8.85. The van der Waals surface area contributed by atoms with Crippen LogP contribution < -0.4 is 10.1 Å². The van der Waals surface area contributed by atoms with Crippen LogP contribution in [0.3, 0.4) is 0 Å². The van der Waals surface area contributed by atoms with E-state index in [1.807, 2.05) is 0 Å². The summed E-state index contributed by atoms with van der Waals surface area (Å²) < 4.78 is 54.8. The van der Waals surface area contributed by atoms with Gasteiger partial charge >= 0.3 is 6.36 Å². The molecule has 2 aromatic carbocycles. The molecular formula is C17H11BrF4N2O2S. The molecular weight excluding hydrogens is 452 g/mol. The summed E-state index contributed by atoms with van der Waals surface area (Å²) in [5, 5.41) is 3.05. The molecule has 3 rings (SSSR count). The Morgan fingerprint density at radius 1 is 1.15 bits per heavy atom. The molecule has 1 fully saturated rings. The summed E-state index contributed by atoms with van der Waals surface area (Å²) in [6.45, 7) is 0. The number of carbonyl (C=O) groups excluding carboxylic acids is 1. The Morgan fingerprint density at radius 2 is 1.74 bits per heavy atom. The van der Waals surface area contributed by atoms with Crippen LogP contribution in [0.4, 0.5) is 17.6 Å². The molecule has 1 aliphatic heterocycles. The maximum absolute atomic E-state index is 13.7. The largest absolute Gasteiger partial charge is 0.573 e. The van der Waals surface area contributed by atoms with Crippen molar-refractivity contribution < 1.29 is 27.1 Å². The van der Waals surface area contributed by atoms with Crippen LogP contribution in [0.5, 0.6) is 5.75 Å². The Balaban J connectivity index is 2.13. The molecule has 1 heterocycles. The number of hydrogen-bond acceptors (Lipinski definition) is 3. The Hall–Kier alpha value is -2.20. The molecule has 1 aliphatic rings. The third kappa shape index (κ3) is 3.51. The minimum absolute atomic E-state index is 0.131. The van der Waals surface area contributed by atoms with Gasteiger partial charge in [0, 0.05) is 7.05 Å². The average Bonchev–Trinajstić information content (AvgIpc) is 2.82. The molecule has 4 nitrogen and oxygen atoms in total. The van der Waals surface area contributed by atoms with E-state index < -0.39 is 29.4 Å². The van der Waals surface area contributed by atoms with Gasteiger partial charge in [0.25, 0.3) is 5.91 Å². The zero-order valence-corrected chi connectivity index (χ0v) is 16.0. The highest BCUT2D eigenvalue weighted by Crippen LogP contribution is 2.38. The lowest BCUT2D eigenvalue weighted by Gasteiger charge is -2.28. The summed E-state index contributed by atoms with van der Waals surface area (Å²) >= 11 is 8.24. The van der Waals surface area contributed by atoms with Crippen molar-refractivity contribution in [1.29, 1.82) is 0 Å². The molecule has 1 atom stereocenters. The first-order valence-electron chi connectivity index (χ1n) is 7.47. The van der Waals surface area contributed by atoms with Crippen molar-refractivity contribution in [1.82, 2.24) is 10.2 Å². The number of alkyl halides is 3. The molecule has 0 aromatic heterocycles. The van der Waals surface area contributed by atoms with E-state index in [0.29, 0.717) is 11.1 Å². The Bertz CT molecular complexity index is 920. The third-order valence-electron chi connectivity index (χ3n) is 4.10. The summed E-state index contributed by atoms with van der Waals surface area (Å²) in [7, 11) is 1.47. The van der Waals surface area contributed by atoms with Gasteiger partial charge in [0.15, 0.2) is 10.7 Å². The van der Waals surface area contributed by atoms with Crippen molar-refractivity contribution in [3.05, 3.63) is 63.9 Å². The van der Waals surface area contributed by atoms with E-state index in [4.69, 9.17) is 12.2 Å². The van der Waals surface area contributed by atoms with E-state index >= 15 is 0 Å². The minimum Gasteiger partial charge on any atom is -0.406 e. The molecule has 2 aromatic rings. The van der Waals surface area contributed by atoms with Gasteiger partial charge < -0.3 is 10.1 Å².